The molecule has 1 heterocycles. The highest BCUT2D eigenvalue weighted by atomic mass is 32.2. The van der Waals surface area contributed by atoms with Gasteiger partial charge in [0.05, 0.1) is 29.2 Å². The molecule has 30 heavy (non-hydrogen) atoms. The summed E-state index contributed by atoms with van der Waals surface area (Å²) in [5, 5.41) is 12.4. The molecule has 1 aliphatic heterocycles. The fourth-order valence-corrected chi connectivity index (χ4v) is 4.23. The van der Waals surface area contributed by atoms with Crippen LogP contribution in [0.3, 0.4) is 0 Å². The van der Waals surface area contributed by atoms with Crippen LogP contribution in [0.5, 0.6) is 0 Å². The third kappa shape index (κ3) is 8.59. The minimum absolute atomic E-state index is 0.0916. The molecule has 0 saturated carbocycles. The maximum Gasteiger partial charge on any atom is 0.408 e. The van der Waals surface area contributed by atoms with Gasteiger partial charge in [-0.15, -0.1) is 11.8 Å². The van der Waals surface area contributed by atoms with Crippen LogP contribution in [0.15, 0.2) is 29.3 Å². The predicted molar refractivity (Wildman–Crippen MR) is 114 cm³/mol. The van der Waals surface area contributed by atoms with Gasteiger partial charge < -0.3 is 15.2 Å². The maximum atomic E-state index is 12.3. The SMILES string of the molecule is CC(C)(C)OC(=O)N[C@@H](Cc1ccc(NS(=O)(=O)O)cc1)C1=NC(CC(=O)O)CS1. The van der Waals surface area contributed by atoms with Gasteiger partial charge in [0, 0.05) is 5.75 Å². The summed E-state index contributed by atoms with van der Waals surface area (Å²) < 4.78 is 37.9. The van der Waals surface area contributed by atoms with E-state index in [0.717, 1.165) is 5.56 Å². The second-order valence-electron chi connectivity index (χ2n) is 7.71. The van der Waals surface area contributed by atoms with Crippen molar-refractivity contribution in [2.24, 2.45) is 4.99 Å². The Kier molecular flexibility index (Phi) is 7.72. The van der Waals surface area contributed by atoms with E-state index in [1.807, 2.05) is 4.72 Å². The van der Waals surface area contributed by atoms with Crippen LogP contribution < -0.4 is 10.0 Å². The van der Waals surface area contributed by atoms with E-state index in [-0.39, 0.29) is 18.2 Å². The van der Waals surface area contributed by atoms with E-state index in [4.69, 9.17) is 14.4 Å². The minimum atomic E-state index is -4.37. The summed E-state index contributed by atoms with van der Waals surface area (Å²) in [6.45, 7) is 5.23. The van der Waals surface area contributed by atoms with Crippen molar-refractivity contribution in [1.29, 1.82) is 0 Å². The molecule has 2 atom stereocenters. The van der Waals surface area contributed by atoms with E-state index in [9.17, 15) is 18.0 Å². The number of carboxylic acids is 1. The molecule has 1 aromatic rings. The number of benzene rings is 1. The number of nitrogens with zero attached hydrogens (tertiary/aromatic N) is 1. The third-order valence-electron chi connectivity index (χ3n) is 3.77. The van der Waals surface area contributed by atoms with Crippen LogP contribution in [0, 0.1) is 0 Å². The standard InChI is InChI=1S/C18H25N3O7S2/c1-18(2,3)28-17(24)20-14(16-19-13(10-29-16)9-15(22)23)8-11-4-6-12(7-5-11)21-30(25,26)27/h4-7,13-14,21H,8-10H2,1-3H3,(H,20,24)(H,22,23)(H,25,26,27)/t13?,14-/m0/s1. The smallest absolute Gasteiger partial charge is 0.408 e. The number of rotatable bonds is 8. The van der Waals surface area contributed by atoms with Crippen molar-refractivity contribution >= 4 is 44.9 Å². The topological polar surface area (TPSA) is 154 Å². The lowest BCUT2D eigenvalue weighted by Crippen LogP contribution is -2.43. The van der Waals surface area contributed by atoms with Crippen LogP contribution in [0.25, 0.3) is 0 Å². The van der Waals surface area contributed by atoms with Gasteiger partial charge in [0.25, 0.3) is 0 Å². The van der Waals surface area contributed by atoms with Crippen LogP contribution in [-0.2, 0) is 26.3 Å². The molecule has 0 bridgehead atoms. The number of hydrogen-bond donors (Lipinski definition) is 4. The van der Waals surface area contributed by atoms with Crippen molar-refractivity contribution in [2.75, 3.05) is 10.5 Å². The lowest BCUT2D eigenvalue weighted by molar-refractivity contribution is -0.137. The molecule has 10 nitrogen and oxygen atoms in total. The van der Waals surface area contributed by atoms with Crippen LogP contribution in [0.4, 0.5) is 10.5 Å². The molecule has 0 spiro atoms. The largest absolute Gasteiger partial charge is 0.481 e. The zero-order valence-corrected chi connectivity index (χ0v) is 18.4. The third-order valence-corrected chi connectivity index (χ3v) is 5.50. The summed E-state index contributed by atoms with van der Waals surface area (Å²) >= 11 is 1.38. The van der Waals surface area contributed by atoms with Crippen LogP contribution in [0.2, 0.25) is 0 Å². The Morgan fingerprint density at radius 1 is 1.30 bits per heavy atom. The van der Waals surface area contributed by atoms with Crippen molar-refractivity contribution < 1.29 is 32.4 Å². The van der Waals surface area contributed by atoms with Crippen molar-refractivity contribution in [3.05, 3.63) is 29.8 Å². The average molecular weight is 460 g/mol. The number of hydrogen-bond acceptors (Lipinski definition) is 7. The number of carbonyl (C=O) groups excluding carboxylic acids is 1. The Morgan fingerprint density at radius 3 is 2.47 bits per heavy atom. The Hall–Kier alpha value is -2.31. The molecule has 0 saturated heterocycles. The Balaban J connectivity index is 2.17. The van der Waals surface area contributed by atoms with Gasteiger partial charge in [0.2, 0.25) is 0 Å². The van der Waals surface area contributed by atoms with Gasteiger partial charge in [-0.2, -0.15) is 8.42 Å². The molecule has 0 fully saturated rings. The Bertz CT molecular complexity index is 909. The van der Waals surface area contributed by atoms with E-state index in [1.165, 1.54) is 23.9 Å². The molecule has 1 amide bonds. The maximum absolute atomic E-state index is 12.3. The normalized spacial score (nSPS) is 17.7. The number of anilines is 1. The highest BCUT2D eigenvalue weighted by Gasteiger charge is 2.29. The van der Waals surface area contributed by atoms with E-state index in [0.29, 0.717) is 17.2 Å². The number of thioether (sulfide) groups is 1. The first-order valence-electron chi connectivity index (χ1n) is 9.07. The minimum Gasteiger partial charge on any atom is -0.481 e. The Labute approximate surface area is 179 Å². The van der Waals surface area contributed by atoms with Crippen molar-refractivity contribution in [3.8, 4) is 0 Å². The van der Waals surface area contributed by atoms with Gasteiger partial charge in [-0.3, -0.25) is 19.1 Å². The first-order valence-corrected chi connectivity index (χ1v) is 11.5. The highest BCUT2D eigenvalue weighted by Crippen LogP contribution is 2.25. The quantitative estimate of drug-likeness (QED) is 0.432. The summed E-state index contributed by atoms with van der Waals surface area (Å²) in [6, 6.07) is 5.34. The second kappa shape index (κ2) is 9.67. The van der Waals surface area contributed by atoms with Gasteiger partial charge in [-0.1, -0.05) is 12.1 Å². The van der Waals surface area contributed by atoms with Crippen LogP contribution in [0.1, 0.15) is 32.8 Å². The monoisotopic (exact) mass is 459 g/mol. The highest BCUT2D eigenvalue weighted by molar-refractivity contribution is 8.14. The molecule has 0 aliphatic carbocycles. The lowest BCUT2D eigenvalue weighted by Gasteiger charge is -2.23. The lowest BCUT2D eigenvalue weighted by atomic mass is 10.1. The fourth-order valence-electron chi connectivity index (χ4n) is 2.68. The van der Waals surface area contributed by atoms with Crippen LogP contribution >= 0.6 is 11.8 Å². The van der Waals surface area contributed by atoms with Gasteiger partial charge in [-0.25, -0.2) is 4.79 Å². The summed E-state index contributed by atoms with van der Waals surface area (Å²) in [5.41, 5.74) is 0.266. The van der Waals surface area contributed by atoms with Crippen molar-refractivity contribution in [1.82, 2.24) is 5.32 Å². The van der Waals surface area contributed by atoms with E-state index >= 15 is 0 Å². The number of carboxylic acid groups (broad SMARTS) is 1. The zero-order valence-electron chi connectivity index (χ0n) is 16.8. The number of carbonyl (C=O) groups is 2. The molecular formula is C18H25N3O7S2. The molecule has 166 valence electrons. The molecule has 1 unspecified atom stereocenters. The molecular weight excluding hydrogens is 434 g/mol. The predicted octanol–water partition coefficient (Wildman–Crippen LogP) is 2.33. The van der Waals surface area contributed by atoms with Gasteiger partial charge in [-0.05, 0) is 44.9 Å². The molecule has 0 aromatic heterocycles. The number of aliphatic carboxylic acids is 1. The fraction of sp³-hybridized carbons (Fsp3) is 0.500. The number of nitrogens with one attached hydrogen (secondary N) is 2. The zero-order chi connectivity index (χ0) is 22.5. The summed E-state index contributed by atoms with van der Waals surface area (Å²) in [6.07, 6.45) is -0.384. The van der Waals surface area contributed by atoms with E-state index in [1.54, 1.807) is 32.9 Å². The number of amides is 1. The van der Waals surface area contributed by atoms with Gasteiger partial charge in [0.15, 0.2) is 0 Å². The first-order chi connectivity index (χ1) is 13.8. The van der Waals surface area contributed by atoms with Crippen LogP contribution in [-0.4, -0.2) is 58.6 Å². The molecule has 1 aliphatic rings. The van der Waals surface area contributed by atoms with Crippen molar-refractivity contribution in [2.45, 2.75) is 51.3 Å². The van der Waals surface area contributed by atoms with E-state index < -0.39 is 34.0 Å². The van der Waals surface area contributed by atoms with E-state index in [2.05, 4.69) is 10.3 Å². The molecule has 12 heteroatoms. The Morgan fingerprint density at radius 2 is 1.93 bits per heavy atom. The van der Waals surface area contributed by atoms with Gasteiger partial charge >= 0.3 is 22.4 Å². The summed E-state index contributed by atoms with van der Waals surface area (Å²) in [5.74, 6) is -0.435. The second-order valence-corrected chi connectivity index (χ2v) is 9.90. The molecule has 2 rings (SSSR count). The van der Waals surface area contributed by atoms with Gasteiger partial charge in [0.1, 0.15) is 5.60 Å². The molecule has 0 radical (unpaired) electrons. The molecule has 4 N–H and O–H groups in total. The first kappa shape index (κ1) is 24.0. The average Bonchev–Trinajstić information content (AvgIpc) is 3.00. The molecule has 1 aromatic carbocycles. The number of aliphatic imine (C=N–C) groups is 1. The summed E-state index contributed by atoms with van der Waals surface area (Å²) in [7, 11) is -4.37. The number of alkyl carbamates (subject to hydrolysis) is 1. The number of ether oxygens (including phenoxy) is 1. The van der Waals surface area contributed by atoms with Crippen molar-refractivity contribution in [3.63, 3.8) is 0 Å². The summed E-state index contributed by atoms with van der Waals surface area (Å²) in [4.78, 5) is 27.7.